The highest BCUT2D eigenvalue weighted by Gasteiger charge is 2.31. The number of hydrogen-bond acceptors (Lipinski definition) is 3. The van der Waals surface area contributed by atoms with Gasteiger partial charge in [-0.15, -0.1) is 0 Å². The van der Waals surface area contributed by atoms with Crippen LogP contribution >= 0.6 is 0 Å². The molecule has 0 saturated carbocycles. The van der Waals surface area contributed by atoms with E-state index >= 15 is 0 Å². The molecule has 3 nitrogen and oxygen atoms in total. The van der Waals surface area contributed by atoms with Gasteiger partial charge < -0.3 is 5.11 Å². The summed E-state index contributed by atoms with van der Waals surface area (Å²) in [5.41, 5.74) is 0.537. The minimum Gasteiger partial charge on any atom is -0.389 e. The van der Waals surface area contributed by atoms with Gasteiger partial charge >= 0.3 is 0 Å². The minimum atomic E-state index is -0.646. The number of halogens is 1. The van der Waals surface area contributed by atoms with Crippen molar-refractivity contribution in [3.8, 4) is 6.07 Å². The first-order valence-corrected chi connectivity index (χ1v) is 5.63. The van der Waals surface area contributed by atoms with E-state index in [0.29, 0.717) is 18.7 Å². The summed E-state index contributed by atoms with van der Waals surface area (Å²) in [7, 11) is 0. The quantitative estimate of drug-likeness (QED) is 0.846. The highest BCUT2D eigenvalue weighted by atomic mass is 19.1. The average molecular weight is 234 g/mol. The Morgan fingerprint density at radius 3 is 2.94 bits per heavy atom. The summed E-state index contributed by atoms with van der Waals surface area (Å²) in [6.45, 7) is 3.78. The summed E-state index contributed by atoms with van der Waals surface area (Å²) in [5.74, 6) is -0.390. The van der Waals surface area contributed by atoms with Gasteiger partial charge in [0.1, 0.15) is 5.82 Å². The highest BCUT2D eigenvalue weighted by Crippen LogP contribution is 2.23. The maximum Gasteiger partial charge on any atom is 0.124 e. The van der Waals surface area contributed by atoms with Gasteiger partial charge in [0, 0.05) is 19.6 Å². The standard InChI is InChI=1S/C13H15FN2O/c1-13(17)4-5-16(9-13)8-10-2-3-12(14)6-11(10)7-15/h2-3,6,17H,4-5,8-9H2,1H3. The Hall–Kier alpha value is -1.44. The highest BCUT2D eigenvalue weighted by molar-refractivity contribution is 5.37. The van der Waals surface area contributed by atoms with Crippen LogP contribution in [0.5, 0.6) is 0 Å². The summed E-state index contributed by atoms with van der Waals surface area (Å²) in [6, 6.07) is 6.26. The lowest BCUT2D eigenvalue weighted by molar-refractivity contribution is 0.0679. The van der Waals surface area contributed by atoms with E-state index in [4.69, 9.17) is 5.26 Å². The van der Waals surface area contributed by atoms with E-state index in [9.17, 15) is 9.50 Å². The smallest absolute Gasteiger partial charge is 0.124 e. The Morgan fingerprint density at radius 2 is 2.35 bits per heavy atom. The number of aliphatic hydroxyl groups is 1. The van der Waals surface area contributed by atoms with Crippen LogP contribution in [0.1, 0.15) is 24.5 Å². The van der Waals surface area contributed by atoms with Gasteiger partial charge in [0.05, 0.1) is 17.2 Å². The zero-order chi connectivity index (χ0) is 12.5. The molecule has 2 rings (SSSR count). The van der Waals surface area contributed by atoms with E-state index < -0.39 is 11.4 Å². The Labute approximate surface area is 100 Å². The molecule has 0 spiro atoms. The van der Waals surface area contributed by atoms with Crippen molar-refractivity contribution in [1.82, 2.24) is 4.90 Å². The lowest BCUT2D eigenvalue weighted by atomic mass is 10.1. The van der Waals surface area contributed by atoms with Crippen LogP contribution < -0.4 is 0 Å². The third-order valence-electron chi connectivity index (χ3n) is 3.12. The van der Waals surface area contributed by atoms with Crippen molar-refractivity contribution < 1.29 is 9.50 Å². The second-order valence-corrected chi connectivity index (χ2v) is 4.87. The van der Waals surface area contributed by atoms with Gasteiger partial charge in [0.2, 0.25) is 0 Å². The predicted molar refractivity (Wildman–Crippen MR) is 61.6 cm³/mol. The first kappa shape index (κ1) is 12.0. The fourth-order valence-corrected chi connectivity index (χ4v) is 2.21. The molecule has 4 heteroatoms. The SMILES string of the molecule is CC1(O)CCN(Cc2ccc(F)cc2C#N)C1. The normalized spacial score (nSPS) is 24.8. The van der Waals surface area contributed by atoms with Crippen LogP contribution in [-0.4, -0.2) is 28.7 Å². The van der Waals surface area contributed by atoms with E-state index in [1.54, 1.807) is 6.07 Å². The summed E-state index contributed by atoms with van der Waals surface area (Å²) < 4.78 is 13.0. The third-order valence-corrected chi connectivity index (χ3v) is 3.12. The molecule has 0 radical (unpaired) electrons. The molecule has 0 bridgehead atoms. The van der Waals surface area contributed by atoms with E-state index in [2.05, 4.69) is 4.90 Å². The van der Waals surface area contributed by atoms with Crippen LogP contribution in [0.15, 0.2) is 18.2 Å². The van der Waals surface area contributed by atoms with Crippen molar-refractivity contribution in [1.29, 1.82) is 5.26 Å². The lowest BCUT2D eigenvalue weighted by Crippen LogP contribution is -2.29. The third kappa shape index (κ3) is 2.82. The zero-order valence-corrected chi connectivity index (χ0v) is 9.78. The van der Waals surface area contributed by atoms with Crippen LogP contribution in [0.3, 0.4) is 0 Å². The van der Waals surface area contributed by atoms with Gasteiger partial charge in [-0.1, -0.05) is 6.07 Å². The number of hydrogen-bond donors (Lipinski definition) is 1. The first-order chi connectivity index (χ1) is 8.00. The molecule has 1 atom stereocenters. The molecule has 1 aliphatic heterocycles. The summed E-state index contributed by atoms with van der Waals surface area (Å²) in [4.78, 5) is 2.08. The van der Waals surface area contributed by atoms with Crippen LogP contribution in [0.4, 0.5) is 4.39 Å². The van der Waals surface area contributed by atoms with E-state index in [-0.39, 0.29) is 0 Å². The second kappa shape index (κ2) is 4.44. The Bertz CT molecular complexity index is 465. The lowest BCUT2D eigenvalue weighted by Gasteiger charge is -2.19. The molecular formula is C13H15FN2O. The molecule has 1 aromatic rings. The molecule has 0 aromatic heterocycles. The number of nitriles is 1. The van der Waals surface area contributed by atoms with Gasteiger partial charge in [-0.3, -0.25) is 4.90 Å². The number of rotatable bonds is 2. The number of nitrogens with zero attached hydrogens (tertiary/aromatic N) is 2. The largest absolute Gasteiger partial charge is 0.389 e. The molecule has 0 amide bonds. The Balaban J connectivity index is 2.12. The maximum absolute atomic E-state index is 13.0. The zero-order valence-electron chi connectivity index (χ0n) is 9.78. The molecule has 90 valence electrons. The van der Waals surface area contributed by atoms with Crippen LogP contribution in [0, 0.1) is 17.1 Å². The fraction of sp³-hybridized carbons (Fsp3) is 0.462. The predicted octanol–water partition coefficient (Wildman–Crippen LogP) is 1.65. The molecule has 1 aromatic carbocycles. The van der Waals surface area contributed by atoms with Gasteiger partial charge in [-0.05, 0) is 31.0 Å². The van der Waals surface area contributed by atoms with E-state index in [0.717, 1.165) is 18.5 Å². The maximum atomic E-state index is 13.0. The topological polar surface area (TPSA) is 47.3 Å². The van der Waals surface area contributed by atoms with Gasteiger partial charge in [-0.25, -0.2) is 4.39 Å². The van der Waals surface area contributed by atoms with Crippen molar-refractivity contribution in [2.75, 3.05) is 13.1 Å². The summed E-state index contributed by atoms with van der Waals surface area (Å²) in [6.07, 6.45) is 0.732. The van der Waals surface area contributed by atoms with Crippen molar-refractivity contribution in [3.63, 3.8) is 0 Å². The molecule has 1 unspecified atom stereocenters. The van der Waals surface area contributed by atoms with E-state index in [1.807, 2.05) is 13.0 Å². The number of likely N-dealkylation sites (tertiary alicyclic amines) is 1. The van der Waals surface area contributed by atoms with E-state index in [1.165, 1.54) is 12.1 Å². The van der Waals surface area contributed by atoms with Gasteiger partial charge in [0.15, 0.2) is 0 Å². The molecule has 0 aliphatic carbocycles. The van der Waals surface area contributed by atoms with Crippen LogP contribution in [0.2, 0.25) is 0 Å². The number of β-amino-alcohol motifs (C(OH)–C–C–N with tert-alkyl or cyclic N) is 1. The average Bonchev–Trinajstić information content (AvgIpc) is 2.61. The van der Waals surface area contributed by atoms with Crippen LogP contribution in [0.25, 0.3) is 0 Å². The monoisotopic (exact) mass is 234 g/mol. The Morgan fingerprint density at radius 1 is 1.59 bits per heavy atom. The molecule has 1 saturated heterocycles. The molecule has 1 aliphatic rings. The number of benzene rings is 1. The Kier molecular flexibility index (Phi) is 3.14. The van der Waals surface area contributed by atoms with Gasteiger partial charge in [-0.2, -0.15) is 5.26 Å². The fourth-order valence-electron chi connectivity index (χ4n) is 2.21. The minimum absolute atomic E-state index is 0.372. The van der Waals surface area contributed by atoms with Crippen molar-refractivity contribution >= 4 is 0 Å². The van der Waals surface area contributed by atoms with Crippen molar-refractivity contribution in [3.05, 3.63) is 35.1 Å². The summed E-state index contributed by atoms with van der Waals surface area (Å²) >= 11 is 0. The molecule has 17 heavy (non-hydrogen) atoms. The molecule has 1 heterocycles. The van der Waals surface area contributed by atoms with Crippen LogP contribution in [-0.2, 0) is 6.54 Å². The van der Waals surface area contributed by atoms with Crippen molar-refractivity contribution in [2.24, 2.45) is 0 Å². The van der Waals surface area contributed by atoms with Gasteiger partial charge in [0.25, 0.3) is 0 Å². The molecule has 1 N–H and O–H groups in total. The molecule has 1 fully saturated rings. The first-order valence-electron chi connectivity index (χ1n) is 5.63. The van der Waals surface area contributed by atoms with Crippen molar-refractivity contribution in [2.45, 2.75) is 25.5 Å². The summed E-state index contributed by atoms with van der Waals surface area (Å²) in [5, 5.41) is 18.8. The molecular weight excluding hydrogens is 219 g/mol. The second-order valence-electron chi connectivity index (χ2n) is 4.87.